The van der Waals surface area contributed by atoms with Gasteiger partial charge in [0.15, 0.2) is 0 Å². The molecule has 7 nitrogen and oxygen atoms in total. The topological polar surface area (TPSA) is 126 Å². The SMILES string of the molecule is CCOC(=O)C1=C(C)OC(N)=C(C#N)C1c1ccc(B(O)O)cc1. The molecule has 1 aromatic rings. The molecule has 0 fully saturated rings. The molecule has 124 valence electrons. The van der Waals surface area contributed by atoms with Gasteiger partial charge in [-0.15, -0.1) is 0 Å². The van der Waals surface area contributed by atoms with Crippen LogP contribution in [0.5, 0.6) is 0 Å². The summed E-state index contributed by atoms with van der Waals surface area (Å²) < 4.78 is 10.4. The second-order valence-corrected chi connectivity index (χ2v) is 5.16. The lowest BCUT2D eigenvalue weighted by Crippen LogP contribution is -2.30. The van der Waals surface area contributed by atoms with E-state index in [4.69, 9.17) is 15.2 Å². The smallest absolute Gasteiger partial charge is 0.463 e. The number of nitrogens with two attached hydrogens (primary N) is 1. The molecule has 1 aliphatic heterocycles. The average Bonchev–Trinajstić information content (AvgIpc) is 2.54. The van der Waals surface area contributed by atoms with Crippen molar-refractivity contribution in [2.45, 2.75) is 19.8 Å². The highest BCUT2D eigenvalue weighted by atomic mass is 16.5. The van der Waals surface area contributed by atoms with Gasteiger partial charge < -0.3 is 25.3 Å². The number of ether oxygens (including phenoxy) is 2. The molecule has 0 saturated heterocycles. The summed E-state index contributed by atoms with van der Waals surface area (Å²) in [5.41, 5.74) is 6.96. The van der Waals surface area contributed by atoms with E-state index in [9.17, 15) is 20.1 Å². The predicted octanol–water partition coefficient (Wildman–Crippen LogP) is 0.0112. The lowest BCUT2D eigenvalue weighted by Gasteiger charge is -2.26. The van der Waals surface area contributed by atoms with Gasteiger partial charge in [0.2, 0.25) is 5.88 Å². The van der Waals surface area contributed by atoms with Crippen molar-refractivity contribution in [3.05, 3.63) is 52.6 Å². The molecule has 0 spiro atoms. The van der Waals surface area contributed by atoms with E-state index in [1.807, 2.05) is 6.07 Å². The van der Waals surface area contributed by atoms with E-state index in [0.717, 1.165) is 0 Å². The van der Waals surface area contributed by atoms with Gasteiger partial charge in [-0.1, -0.05) is 24.3 Å². The zero-order valence-electron chi connectivity index (χ0n) is 13.3. The minimum atomic E-state index is -1.61. The van der Waals surface area contributed by atoms with E-state index < -0.39 is 19.0 Å². The van der Waals surface area contributed by atoms with Gasteiger partial charge in [-0.05, 0) is 24.9 Å². The zero-order valence-corrected chi connectivity index (χ0v) is 13.3. The van der Waals surface area contributed by atoms with Crippen molar-refractivity contribution in [3.8, 4) is 6.07 Å². The fourth-order valence-corrected chi connectivity index (χ4v) is 2.55. The Morgan fingerprint density at radius 3 is 2.54 bits per heavy atom. The summed E-state index contributed by atoms with van der Waals surface area (Å²) in [6, 6.07) is 8.17. The molecule has 4 N–H and O–H groups in total. The number of allylic oxidation sites excluding steroid dienone is 2. The summed E-state index contributed by atoms with van der Waals surface area (Å²) in [7, 11) is -1.61. The zero-order chi connectivity index (χ0) is 17.9. The van der Waals surface area contributed by atoms with Crippen LogP contribution >= 0.6 is 0 Å². The van der Waals surface area contributed by atoms with E-state index in [2.05, 4.69) is 0 Å². The van der Waals surface area contributed by atoms with Crippen LogP contribution in [0.1, 0.15) is 25.3 Å². The quantitative estimate of drug-likeness (QED) is 0.525. The number of hydrogen-bond acceptors (Lipinski definition) is 7. The molecule has 0 aromatic heterocycles. The third kappa shape index (κ3) is 3.27. The second-order valence-electron chi connectivity index (χ2n) is 5.16. The van der Waals surface area contributed by atoms with Gasteiger partial charge in [-0.25, -0.2) is 4.79 Å². The van der Waals surface area contributed by atoms with E-state index in [0.29, 0.717) is 11.0 Å². The van der Waals surface area contributed by atoms with E-state index >= 15 is 0 Å². The maximum absolute atomic E-state index is 12.3. The first-order valence-electron chi connectivity index (χ1n) is 7.32. The lowest BCUT2D eigenvalue weighted by atomic mass is 9.77. The standard InChI is InChI=1S/C16H17BN2O5/c1-3-23-16(20)13-9(2)24-15(19)12(8-18)14(13)10-4-6-11(7-5-10)17(21)22/h4-7,14,21-22H,3,19H2,1-2H3. The Bertz CT molecular complexity index is 747. The van der Waals surface area contributed by atoms with Gasteiger partial charge in [-0.2, -0.15) is 5.26 Å². The van der Waals surface area contributed by atoms with Gasteiger partial charge in [0.25, 0.3) is 0 Å². The molecule has 0 amide bonds. The van der Waals surface area contributed by atoms with Crippen molar-refractivity contribution in [1.82, 2.24) is 0 Å². The molecular weight excluding hydrogens is 311 g/mol. The number of carbonyl (C=O) groups excluding carboxylic acids is 1. The minimum Gasteiger partial charge on any atom is -0.463 e. The van der Waals surface area contributed by atoms with E-state index in [-0.39, 0.29) is 29.4 Å². The van der Waals surface area contributed by atoms with Gasteiger partial charge >= 0.3 is 13.1 Å². The molecule has 0 bridgehead atoms. The first-order chi connectivity index (χ1) is 11.4. The Labute approximate surface area is 139 Å². The Kier molecular flexibility index (Phi) is 5.29. The van der Waals surface area contributed by atoms with Crippen LogP contribution in [0.2, 0.25) is 0 Å². The summed E-state index contributed by atoms with van der Waals surface area (Å²) in [6.07, 6.45) is 0. The summed E-state index contributed by atoms with van der Waals surface area (Å²) in [6.45, 7) is 3.44. The normalized spacial score (nSPS) is 17.2. The number of carbonyl (C=O) groups is 1. The van der Waals surface area contributed by atoms with Crippen molar-refractivity contribution in [2.24, 2.45) is 5.73 Å². The van der Waals surface area contributed by atoms with Crippen LogP contribution in [0.4, 0.5) is 0 Å². The molecule has 1 heterocycles. The molecule has 0 aliphatic carbocycles. The van der Waals surface area contributed by atoms with Crippen LogP contribution in [0.25, 0.3) is 0 Å². The minimum absolute atomic E-state index is 0.0701. The summed E-state index contributed by atoms with van der Waals surface area (Å²) in [4.78, 5) is 12.3. The van der Waals surface area contributed by atoms with Gasteiger partial charge in [0, 0.05) is 0 Å². The molecular formula is C16H17BN2O5. The molecule has 0 radical (unpaired) electrons. The van der Waals surface area contributed by atoms with Crippen LogP contribution < -0.4 is 11.2 Å². The first kappa shape index (κ1) is 17.6. The molecule has 1 unspecified atom stereocenters. The van der Waals surface area contributed by atoms with Crippen molar-refractivity contribution >= 4 is 18.6 Å². The average molecular weight is 328 g/mol. The number of nitrogens with zero attached hydrogens (tertiary/aromatic N) is 1. The highest BCUT2D eigenvalue weighted by Crippen LogP contribution is 2.39. The van der Waals surface area contributed by atoms with Crippen LogP contribution in [-0.2, 0) is 14.3 Å². The second kappa shape index (κ2) is 7.21. The molecule has 1 aliphatic rings. The highest BCUT2D eigenvalue weighted by molar-refractivity contribution is 6.58. The number of nitriles is 1. The maximum Gasteiger partial charge on any atom is 0.488 e. The molecule has 2 rings (SSSR count). The summed E-state index contributed by atoms with van der Waals surface area (Å²) >= 11 is 0. The predicted molar refractivity (Wildman–Crippen MR) is 86.3 cm³/mol. The Hall–Kier alpha value is -2.76. The Balaban J connectivity index is 2.55. The Morgan fingerprint density at radius 2 is 2.04 bits per heavy atom. The van der Waals surface area contributed by atoms with Crippen LogP contribution in [-0.4, -0.2) is 29.7 Å². The van der Waals surface area contributed by atoms with Crippen LogP contribution in [0.15, 0.2) is 47.1 Å². The highest BCUT2D eigenvalue weighted by Gasteiger charge is 2.36. The first-order valence-corrected chi connectivity index (χ1v) is 7.32. The van der Waals surface area contributed by atoms with Crippen LogP contribution in [0, 0.1) is 11.3 Å². The molecule has 8 heteroatoms. The van der Waals surface area contributed by atoms with Gasteiger partial charge in [0.1, 0.15) is 17.4 Å². The maximum atomic E-state index is 12.3. The molecule has 1 atom stereocenters. The number of benzene rings is 1. The number of hydrogen-bond donors (Lipinski definition) is 3. The van der Waals surface area contributed by atoms with Crippen molar-refractivity contribution in [3.63, 3.8) is 0 Å². The summed E-state index contributed by atoms with van der Waals surface area (Å²) in [5, 5.41) is 27.8. The summed E-state index contributed by atoms with van der Waals surface area (Å²) in [5.74, 6) is -1.14. The lowest BCUT2D eigenvalue weighted by molar-refractivity contribution is -0.139. The molecule has 1 aromatic carbocycles. The van der Waals surface area contributed by atoms with Crippen LogP contribution in [0.3, 0.4) is 0 Å². The van der Waals surface area contributed by atoms with Crippen molar-refractivity contribution in [2.75, 3.05) is 6.61 Å². The third-order valence-electron chi connectivity index (χ3n) is 3.67. The number of rotatable bonds is 4. The third-order valence-corrected chi connectivity index (χ3v) is 3.67. The van der Waals surface area contributed by atoms with Crippen molar-refractivity contribution in [1.29, 1.82) is 5.26 Å². The largest absolute Gasteiger partial charge is 0.488 e. The van der Waals surface area contributed by atoms with Crippen molar-refractivity contribution < 1.29 is 24.3 Å². The Morgan fingerprint density at radius 1 is 1.42 bits per heavy atom. The van der Waals surface area contributed by atoms with Gasteiger partial charge in [0.05, 0.1) is 18.1 Å². The number of esters is 1. The fraction of sp³-hybridized carbons (Fsp3) is 0.250. The fourth-order valence-electron chi connectivity index (χ4n) is 2.55. The van der Waals surface area contributed by atoms with Gasteiger partial charge in [-0.3, -0.25) is 0 Å². The molecule has 0 saturated carbocycles. The monoisotopic (exact) mass is 328 g/mol. The van der Waals surface area contributed by atoms with E-state index in [1.165, 1.54) is 12.1 Å². The molecule has 24 heavy (non-hydrogen) atoms. The van der Waals surface area contributed by atoms with E-state index in [1.54, 1.807) is 26.0 Å².